The lowest BCUT2D eigenvalue weighted by molar-refractivity contribution is -0.130. The second kappa shape index (κ2) is 10.6. The number of allylic oxidation sites excluding steroid dienone is 2. The van der Waals surface area contributed by atoms with Gasteiger partial charge in [0, 0.05) is 14.5 Å². The Morgan fingerprint density at radius 3 is 1.33 bits per heavy atom. The molecular weight excluding hydrogens is 681 g/mol. The molecule has 4 atom stereocenters. The molecule has 7 heteroatoms. The van der Waals surface area contributed by atoms with Crippen LogP contribution in [0.15, 0.2) is 138 Å². The smallest absolute Gasteiger partial charge is 0.239 e. The lowest BCUT2D eigenvalue weighted by atomic mass is 9.59. The van der Waals surface area contributed by atoms with Crippen LogP contribution >= 0.6 is 39.1 Å². The summed E-state index contributed by atoms with van der Waals surface area (Å²) in [6.07, 6.45) is 0. The summed E-state index contributed by atoms with van der Waals surface area (Å²) in [4.78, 5) is 47.3. The van der Waals surface area contributed by atoms with Crippen LogP contribution in [0.5, 0.6) is 0 Å². The second-order valence-corrected chi connectivity index (χ2v) is 13.6. The Morgan fingerprint density at radius 2 is 0.913 bits per heavy atom. The Hall–Kier alpha value is -4.29. The molecule has 1 saturated heterocycles. The van der Waals surface area contributed by atoms with E-state index in [2.05, 4.69) is 15.9 Å². The first-order chi connectivity index (χ1) is 22.3. The summed E-state index contributed by atoms with van der Waals surface area (Å²) < 4.78 is 0.607. The molecule has 4 nitrogen and oxygen atoms in total. The second-order valence-electron chi connectivity index (χ2n) is 11.9. The summed E-state index contributed by atoms with van der Waals surface area (Å²) in [5, 5.41) is 1.00. The van der Waals surface area contributed by atoms with Gasteiger partial charge in [0.15, 0.2) is 5.78 Å². The van der Waals surface area contributed by atoms with E-state index in [1.54, 1.807) is 42.5 Å². The number of halogens is 3. The predicted molar refractivity (Wildman–Crippen MR) is 185 cm³/mol. The predicted octanol–water partition coefficient (Wildman–Crippen LogP) is 8.94. The van der Waals surface area contributed by atoms with Gasteiger partial charge in [0.25, 0.3) is 0 Å². The summed E-state index contributed by atoms with van der Waals surface area (Å²) in [7, 11) is 0. The largest absolute Gasteiger partial charge is 0.297 e. The molecule has 0 radical (unpaired) electrons. The van der Waals surface area contributed by atoms with Gasteiger partial charge in [-0.3, -0.25) is 14.4 Å². The third-order valence-corrected chi connectivity index (χ3v) is 11.0. The lowest BCUT2D eigenvalue weighted by Gasteiger charge is -2.39. The molecule has 0 unspecified atom stereocenters. The number of ketones is 1. The van der Waals surface area contributed by atoms with Crippen LogP contribution in [-0.2, 0) is 25.2 Å². The van der Waals surface area contributed by atoms with E-state index in [0.717, 1.165) is 22.3 Å². The quantitative estimate of drug-likeness (QED) is 0.172. The van der Waals surface area contributed by atoms with Crippen molar-refractivity contribution >= 4 is 73.6 Å². The molecule has 1 aliphatic heterocycles. The van der Waals surface area contributed by atoms with Crippen LogP contribution in [0.3, 0.4) is 0 Å². The van der Waals surface area contributed by atoms with Crippen LogP contribution in [0.4, 0.5) is 5.69 Å². The number of amides is 2. The van der Waals surface area contributed by atoms with Crippen LogP contribution in [0.25, 0.3) is 11.1 Å². The van der Waals surface area contributed by atoms with Crippen molar-refractivity contribution in [2.24, 2.45) is 11.8 Å². The molecule has 0 N–H and O–H groups in total. The third kappa shape index (κ3) is 3.71. The minimum absolute atomic E-state index is 0.203. The Kier molecular flexibility index (Phi) is 6.73. The van der Waals surface area contributed by atoms with Crippen molar-refractivity contribution in [3.63, 3.8) is 0 Å². The summed E-state index contributed by atoms with van der Waals surface area (Å²) in [5.41, 5.74) is 1.71. The van der Waals surface area contributed by atoms with E-state index in [1.165, 1.54) is 4.90 Å². The molecule has 2 amide bonds. The molecule has 46 heavy (non-hydrogen) atoms. The number of rotatable bonds is 5. The monoisotopic (exact) mass is 703 g/mol. The first kappa shape index (κ1) is 29.1. The third-order valence-electron chi connectivity index (χ3n) is 9.81. The highest BCUT2D eigenvalue weighted by Gasteiger charge is 2.82. The van der Waals surface area contributed by atoms with Gasteiger partial charge in [0.2, 0.25) is 11.8 Å². The Morgan fingerprint density at radius 1 is 0.522 bits per heavy atom. The number of para-hydroxylation sites is 1. The minimum Gasteiger partial charge on any atom is -0.297 e. The first-order valence-corrected chi connectivity index (χ1v) is 16.4. The number of fused-ring (bicyclic) bond motifs is 5. The maximum Gasteiger partial charge on any atom is 0.239 e. The van der Waals surface area contributed by atoms with Crippen molar-refractivity contribution in [2.75, 3.05) is 4.90 Å². The molecule has 5 aromatic rings. The topological polar surface area (TPSA) is 54.5 Å². The van der Waals surface area contributed by atoms with Crippen LogP contribution < -0.4 is 4.90 Å². The molecule has 2 bridgehead atoms. The lowest BCUT2D eigenvalue weighted by Crippen LogP contribution is -2.45. The van der Waals surface area contributed by atoms with E-state index in [1.807, 2.05) is 91.0 Å². The Balaban J connectivity index is 1.57. The molecule has 224 valence electrons. The Labute approximate surface area is 284 Å². The number of carbonyl (C=O) groups excluding carboxylic acids is 3. The zero-order valence-corrected chi connectivity index (χ0v) is 27.3. The van der Waals surface area contributed by atoms with Crippen LogP contribution in [0.1, 0.15) is 22.3 Å². The maximum absolute atomic E-state index is 15.9. The van der Waals surface area contributed by atoms with E-state index >= 15 is 14.4 Å². The van der Waals surface area contributed by atoms with Crippen molar-refractivity contribution in [1.82, 2.24) is 0 Å². The van der Waals surface area contributed by atoms with E-state index < -0.39 is 34.5 Å². The maximum atomic E-state index is 15.9. The van der Waals surface area contributed by atoms with Crippen molar-refractivity contribution in [1.29, 1.82) is 0 Å². The van der Waals surface area contributed by atoms with Gasteiger partial charge in [-0.05, 0) is 85.7 Å². The van der Waals surface area contributed by atoms with Crippen LogP contribution in [-0.4, -0.2) is 17.6 Å². The highest BCUT2D eigenvalue weighted by atomic mass is 79.9. The molecule has 2 fully saturated rings. The van der Waals surface area contributed by atoms with Gasteiger partial charge in [-0.2, -0.15) is 0 Å². The zero-order valence-electron chi connectivity index (χ0n) is 24.2. The molecule has 1 saturated carbocycles. The number of nitrogens with zero attached hydrogens (tertiary/aromatic N) is 1. The van der Waals surface area contributed by atoms with Crippen molar-refractivity contribution in [2.45, 2.75) is 10.8 Å². The molecular formula is C39H24BrCl2NO3. The standard InChI is InChI=1S/C39H24BrCl2NO3/c40-29-13-7-8-14-30(29)43-35(44)33-34(36(43)45)39(26-17-21-28(42)22-18-26)32(24-11-5-2-6-12-24)31(23-9-3-1-4-10-23)38(33,37(39)46)25-15-19-27(41)20-16-25/h1-22,33-34H/t33-,34+,38-,39-/m0/s1. The number of imide groups is 1. The van der Waals surface area contributed by atoms with Gasteiger partial charge in [0.05, 0.1) is 28.4 Å². The fourth-order valence-electron chi connectivity index (χ4n) is 8.23. The van der Waals surface area contributed by atoms with E-state index in [-0.39, 0.29) is 5.78 Å². The number of anilines is 1. The average Bonchev–Trinajstić information content (AvgIpc) is 3.58. The van der Waals surface area contributed by atoms with Crippen molar-refractivity contribution in [3.05, 3.63) is 170 Å². The molecule has 5 aromatic carbocycles. The fraction of sp³-hybridized carbons (Fsp3) is 0.103. The van der Waals surface area contributed by atoms with Crippen LogP contribution in [0, 0.1) is 11.8 Å². The summed E-state index contributed by atoms with van der Waals surface area (Å²) in [6.45, 7) is 0. The fourth-order valence-corrected chi connectivity index (χ4v) is 8.94. The molecule has 0 spiro atoms. The van der Waals surface area contributed by atoms with E-state index in [4.69, 9.17) is 23.2 Å². The van der Waals surface area contributed by atoms with Gasteiger partial charge in [-0.15, -0.1) is 0 Å². The van der Waals surface area contributed by atoms with Gasteiger partial charge in [0.1, 0.15) is 0 Å². The highest BCUT2D eigenvalue weighted by molar-refractivity contribution is 9.10. The SMILES string of the molecule is O=C1[C@@H]2[C@H](C(=O)N1c1ccccc1Br)[C@@]1(c3ccc(Cl)cc3)C(=O)[C@@]2(c2ccc(Cl)cc2)C(c2ccccc2)=C1c1ccccc1. The Bertz CT molecular complexity index is 1970. The number of Topliss-reactive ketones (excluding diaryl/α,β-unsaturated/α-hetero) is 1. The number of hydrogen-bond donors (Lipinski definition) is 0. The zero-order chi connectivity index (χ0) is 31.8. The number of hydrogen-bond acceptors (Lipinski definition) is 3. The molecule has 2 aliphatic carbocycles. The molecule has 8 rings (SSSR count). The molecule has 1 heterocycles. The normalized spacial score (nSPS) is 25.0. The van der Waals surface area contributed by atoms with Gasteiger partial charge in [-0.1, -0.05) is 120 Å². The van der Waals surface area contributed by atoms with Crippen molar-refractivity contribution in [3.8, 4) is 0 Å². The van der Waals surface area contributed by atoms with Gasteiger partial charge in [-0.25, -0.2) is 4.90 Å². The van der Waals surface area contributed by atoms with Crippen molar-refractivity contribution < 1.29 is 14.4 Å². The van der Waals surface area contributed by atoms with Gasteiger partial charge < -0.3 is 0 Å². The summed E-state index contributed by atoms with van der Waals surface area (Å²) >= 11 is 16.4. The summed E-state index contributed by atoms with van der Waals surface area (Å²) in [5.74, 6) is -3.09. The average molecular weight is 705 g/mol. The first-order valence-electron chi connectivity index (χ1n) is 14.9. The number of carbonyl (C=O) groups is 3. The highest BCUT2D eigenvalue weighted by Crippen LogP contribution is 2.74. The molecule has 3 aliphatic rings. The number of benzene rings is 5. The van der Waals surface area contributed by atoms with Gasteiger partial charge >= 0.3 is 0 Å². The minimum atomic E-state index is -1.51. The molecule has 0 aromatic heterocycles. The van der Waals surface area contributed by atoms with E-state index in [9.17, 15) is 0 Å². The van der Waals surface area contributed by atoms with Crippen LogP contribution in [0.2, 0.25) is 10.0 Å². The van der Waals surface area contributed by atoms with E-state index in [0.29, 0.717) is 31.3 Å². The summed E-state index contributed by atoms with van der Waals surface area (Å²) in [6, 6.07) is 40.9.